The topological polar surface area (TPSA) is 64.3 Å². The molecule has 1 aliphatic heterocycles. The Bertz CT molecular complexity index is 301. The van der Waals surface area contributed by atoms with E-state index in [1.807, 2.05) is 0 Å². The Kier molecular flexibility index (Phi) is 3.57. The van der Waals surface area contributed by atoms with Gasteiger partial charge in [-0.2, -0.15) is 0 Å². The molecule has 0 radical (unpaired) electrons. The van der Waals surface area contributed by atoms with Crippen molar-refractivity contribution >= 4 is 5.91 Å². The normalized spacial score (nSPS) is 43.7. The molecule has 3 atom stereocenters. The van der Waals surface area contributed by atoms with Crippen LogP contribution in [0.5, 0.6) is 0 Å². The van der Waals surface area contributed by atoms with Crippen LogP contribution in [0, 0.1) is 11.8 Å². The van der Waals surface area contributed by atoms with Crippen LogP contribution in [0.15, 0.2) is 0 Å². The molecular formula is C14H24N2O2. The van der Waals surface area contributed by atoms with Gasteiger partial charge in [-0.05, 0) is 50.4 Å². The Labute approximate surface area is 109 Å². The molecule has 1 heterocycles. The quantitative estimate of drug-likeness (QED) is 0.776. The van der Waals surface area contributed by atoms with Crippen LogP contribution in [-0.4, -0.2) is 30.7 Å². The number of fused-ring (bicyclic) bond motifs is 2. The number of hydrogen-bond acceptors (Lipinski definition) is 3. The lowest BCUT2D eigenvalue weighted by atomic mass is 9.67. The van der Waals surface area contributed by atoms with E-state index in [0.717, 1.165) is 32.3 Å². The van der Waals surface area contributed by atoms with Gasteiger partial charge in [0.25, 0.3) is 0 Å². The average molecular weight is 252 g/mol. The smallest absolute Gasteiger partial charge is 0.249 e. The second-order valence-electron chi connectivity index (χ2n) is 6.22. The number of nitrogens with one attached hydrogen (secondary N) is 1. The zero-order chi connectivity index (χ0) is 12.5. The average Bonchev–Trinajstić information content (AvgIpc) is 2.83. The Morgan fingerprint density at radius 1 is 1.11 bits per heavy atom. The van der Waals surface area contributed by atoms with Crippen molar-refractivity contribution in [2.24, 2.45) is 17.6 Å². The minimum Gasteiger partial charge on any atom is -0.368 e. The number of ether oxygens (including phenoxy) is 1. The van der Waals surface area contributed by atoms with Crippen molar-refractivity contribution in [2.75, 3.05) is 6.61 Å². The summed E-state index contributed by atoms with van der Waals surface area (Å²) >= 11 is 0. The first kappa shape index (κ1) is 12.4. The summed E-state index contributed by atoms with van der Waals surface area (Å²) in [6.07, 6.45) is 7.60. The molecule has 18 heavy (non-hydrogen) atoms. The highest BCUT2D eigenvalue weighted by atomic mass is 16.5. The molecule has 2 aliphatic carbocycles. The van der Waals surface area contributed by atoms with Gasteiger partial charge in [0.05, 0.1) is 0 Å². The molecule has 3 rings (SSSR count). The van der Waals surface area contributed by atoms with Crippen LogP contribution in [0.4, 0.5) is 0 Å². The molecule has 4 nitrogen and oxygen atoms in total. The lowest BCUT2D eigenvalue weighted by molar-refractivity contribution is -0.132. The Balaban J connectivity index is 1.62. The van der Waals surface area contributed by atoms with Crippen LogP contribution in [0.1, 0.15) is 44.9 Å². The van der Waals surface area contributed by atoms with Gasteiger partial charge in [-0.1, -0.05) is 6.42 Å². The summed E-state index contributed by atoms with van der Waals surface area (Å²) in [5.74, 6) is 1.31. The molecule has 3 unspecified atom stereocenters. The Morgan fingerprint density at radius 3 is 2.44 bits per heavy atom. The number of hydrogen-bond donors (Lipinski definition) is 2. The van der Waals surface area contributed by atoms with Gasteiger partial charge in [0.2, 0.25) is 5.91 Å². The molecule has 1 saturated heterocycles. The van der Waals surface area contributed by atoms with Crippen molar-refractivity contribution < 1.29 is 9.53 Å². The highest BCUT2D eigenvalue weighted by molar-refractivity contribution is 5.81. The summed E-state index contributed by atoms with van der Waals surface area (Å²) in [7, 11) is 0. The van der Waals surface area contributed by atoms with E-state index in [1.54, 1.807) is 0 Å². The summed E-state index contributed by atoms with van der Waals surface area (Å²) in [6.45, 7) is 0.737. The van der Waals surface area contributed by atoms with Crippen LogP contribution in [0.3, 0.4) is 0 Å². The number of carbonyl (C=O) groups excluding carboxylic acids is 1. The molecule has 2 saturated carbocycles. The maximum Gasteiger partial charge on any atom is 0.249 e. The molecule has 2 bridgehead atoms. The molecule has 102 valence electrons. The van der Waals surface area contributed by atoms with Gasteiger partial charge >= 0.3 is 0 Å². The highest BCUT2D eigenvalue weighted by Gasteiger charge is 2.40. The second kappa shape index (κ2) is 5.17. The van der Waals surface area contributed by atoms with Gasteiger partial charge in [0.15, 0.2) is 0 Å². The van der Waals surface area contributed by atoms with Gasteiger partial charge in [0.1, 0.15) is 6.10 Å². The predicted molar refractivity (Wildman–Crippen MR) is 68.9 cm³/mol. The van der Waals surface area contributed by atoms with Gasteiger partial charge < -0.3 is 15.8 Å². The first-order valence-corrected chi connectivity index (χ1v) is 7.41. The van der Waals surface area contributed by atoms with E-state index in [9.17, 15) is 4.79 Å². The van der Waals surface area contributed by atoms with E-state index in [4.69, 9.17) is 10.5 Å². The number of rotatable bonds is 2. The molecule has 0 spiro atoms. The summed E-state index contributed by atoms with van der Waals surface area (Å²) in [6, 6.07) is 0.700. The van der Waals surface area contributed by atoms with Crippen molar-refractivity contribution in [2.45, 2.75) is 63.1 Å². The van der Waals surface area contributed by atoms with Crippen molar-refractivity contribution in [1.82, 2.24) is 5.32 Å². The van der Waals surface area contributed by atoms with Gasteiger partial charge in [-0.25, -0.2) is 0 Å². The van der Waals surface area contributed by atoms with E-state index in [-0.39, 0.29) is 12.0 Å². The summed E-state index contributed by atoms with van der Waals surface area (Å²) in [4.78, 5) is 12.2. The summed E-state index contributed by atoms with van der Waals surface area (Å²) in [5, 5.41) is 3.26. The maximum atomic E-state index is 12.2. The molecule has 0 aromatic carbocycles. The van der Waals surface area contributed by atoms with Crippen molar-refractivity contribution in [1.29, 1.82) is 0 Å². The van der Waals surface area contributed by atoms with E-state index in [1.165, 1.54) is 19.3 Å². The zero-order valence-corrected chi connectivity index (χ0v) is 10.9. The fraction of sp³-hybridized carbons (Fsp3) is 0.929. The zero-order valence-electron chi connectivity index (χ0n) is 10.9. The molecule has 0 aromatic rings. The molecule has 4 heteroatoms. The third-order valence-corrected chi connectivity index (χ3v) is 4.91. The van der Waals surface area contributed by atoms with Crippen LogP contribution in [-0.2, 0) is 9.53 Å². The van der Waals surface area contributed by atoms with E-state index >= 15 is 0 Å². The predicted octanol–water partition coefficient (Wildman–Crippen LogP) is 1.19. The third kappa shape index (κ3) is 2.41. The molecule has 3 fully saturated rings. The fourth-order valence-corrected chi connectivity index (χ4v) is 4.07. The number of amides is 1. The van der Waals surface area contributed by atoms with Gasteiger partial charge in [-0.3, -0.25) is 4.79 Å². The first-order chi connectivity index (χ1) is 8.74. The van der Waals surface area contributed by atoms with Crippen LogP contribution in [0.25, 0.3) is 0 Å². The molecule has 3 aliphatic rings. The van der Waals surface area contributed by atoms with Crippen LogP contribution >= 0.6 is 0 Å². The first-order valence-electron chi connectivity index (χ1n) is 7.41. The van der Waals surface area contributed by atoms with Gasteiger partial charge in [0, 0.05) is 18.7 Å². The number of nitrogens with two attached hydrogens (primary N) is 1. The lowest BCUT2D eigenvalue weighted by Crippen LogP contribution is -2.55. The van der Waals surface area contributed by atoms with Gasteiger partial charge in [-0.15, -0.1) is 0 Å². The van der Waals surface area contributed by atoms with Crippen LogP contribution in [0.2, 0.25) is 0 Å². The Morgan fingerprint density at radius 2 is 1.83 bits per heavy atom. The van der Waals surface area contributed by atoms with E-state index in [2.05, 4.69) is 5.32 Å². The molecule has 3 N–H and O–H groups in total. The minimum absolute atomic E-state index is 0.116. The summed E-state index contributed by atoms with van der Waals surface area (Å²) < 4.78 is 5.46. The van der Waals surface area contributed by atoms with Crippen LogP contribution < -0.4 is 11.1 Å². The molecular weight excluding hydrogens is 228 g/mol. The third-order valence-electron chi connectivity index (χ3n) is 4.91. The maximum absolute atomic E-state index is 12.2. The van der Waals surface area contributed by atoms with E-state index in [0.29, 0.717) is 23.9 Å². The largest absolute Gasteiger partial charge is 0.368 e. The SMILES string of the molecule is NC1CC2CCCC(C1)C2NC(=O)C1CCCO1. The highest BCUT2D eigenvalue weighted by Crippen LogP contribution is 2.39. The Hall–Kier alpha value is -0.610. The summed E-state index contributed by atoms with van der Waals surface area (Å²) in [5.41, 5.74) is 6.10. The second-order valence-corrected chi connectivity index (χ2v) is 6.22. The van der Waals surface area contributed by atoms with Crippen molar-refractivity contribution in [3.63, 3.8) is 0 Å². The van der Waals surface area contributed by atoms with E-state index < -0.39 is 0 Å². The lowest BCUT2D eigenvalue weighted by Gasteiger charge is -2.45. The molecule has 0 aromatic heterocycles. The monoisotopic (exact) mass is 252 g/mol. The number of carbonyl (C=O) groups is 1. The fourth-order valence-electron chi connectivity index (χ4n) is 4.07. The minimum atomic E-state index is -0.193. The molecule has 1 amide bonds. The standard InChI is InChI=1S/C14H24N2O2/c15-11-7-9-3-1-4-10(8-11)13(9)16-14(17)12-5-2-6-18-12/h9-13H,1-8,15H2,(H,16,17). The van der Waals surface area contributed by atoms with Crippen molar-refractivity contribution in [3.05, 3.63) is 0 Å². The van der Waals surface area contributed by atoms with Crippen molar-refractivity contribution in [3.8, 4) is 0 Å².